The van der Waals surface area contributed by atoms with Crippen molar-refractivity contribution in [1.29, 1.82) is 0 Å². The van der Waals surface area contributed by atoms with E-state index in [1.807, 2.05) is 18.2 Å². The molecule has 3 aromatic rings. The van der Waals surface area contributed by atoms with E-state index >= 15 is 0 Å². The lowest BCUT2D eigenvalue weighted by atomic mass is 9.55. The fourth-order valence-corrected chi connectivity index (χ4v) is 12.3. The molecular weight excluding hydrogens is 1210 g/mol. The van der Waals surface area contributed by atoms with Crippen molar-refractivity contribution in [1.82, 2.24) is 0 Å². The molecule has 0 N–H and O–H groups in total. The highest BCUT2D eigenvalue weighted by Crippen LogP contribution is 2.61. The smallest absolute Gasteiger partial charge is 0.344 e. The normalized spacial score (nSPS) is 26.2. The second-order valence-corrected chi connectivity index (χ2v) is 18.7. The van der Waals surface area contributed by atoms with Crippen molar-refractivity contribution in [2.75, 3.05) is 0 Å². The first-order chi connectivity index (χ1) is 20.0. The Morgan fingerprint density at radius 1 is 0.786 bits per heavy atom. The van der Waals surface area contributed by atoms with Gasteiger partial charge in [-0.3, -0.25) is 0 Å². The molecule has 3 aliphatic carbocycles. The summed E-state index contributed by atoms with van der Waals surface area (Å²) in [5.74, 6) is 1.76. The van der Waals surface area contributed by atoms with Crippen molar-refractivity contribution in [3.63, 3.8) is 0 Å². The van der Waals surface area contributed by atoms with Gasteiger partial charge in [0.1, 0.15) is 11.9 Å². The quantitative estimate of drug-likeness (QED) is 0.113. The molecule has 3 aliphatic rings. The number of benzene rings is 3. The average Bonchev–Trinajstić information content (AvgIpc) is 3.28. The second-order valence-electron chi connectivity index (χ2n) is 11.7. The number of rotatable bonds is 4. The molecule has 5 atom stereocenters. The molecule has 0 saturated heterocycles. The Morgan fingerprint density at radius 3 is 2.10 bits per heavy atom. The minimum atomic E-state index is -0.306. The number of hydrogen-bond donors (Lipinski definition) is 0. The van der Waals surface area contributed by atoms with Crippen LogP contribution in [0.3, 0.4) is 0 Å². The van der Waals surface area contributed by atoms with Gasteiger partial charge in [-0.1, -0.05) is 13.0 Å². The molecule has 0 amide bonds. The van der Waals surface area contributed by atoms with Gasteiger partial charge in [-0.05, 0) is 239 Å². The number of carbonyl (C=O) groups is 2. The summed E-state index contributed by atoms with van der Waals surface area (Å²) in [5.41, 5.74) is 4.02. The van der Waals surface area contributed by atoms with Crippen LogP contribution in [0, 0.1) is 38.7 Å². The van der Waals surface area contributed by atoms with Crippen LogP contribution in [0.1, 0.15) is 76.8 Å². The maximum absolute atomic E-state index is 13.4. The van der Waals surface area contributed by atoms with Crippen molar-refractivity contribution in [2.45, 2.75) is 57.5 Å². The molecule has 0 spiro atoms. The van der Waals surface area contributed by atoms with Crippen molar-refractivity contribution in [2.24, 2.45) is 17.3 Å². The van der Waals surface area contributed by atoms with E-state index in [1.165, 1.54) is 11.1 Å². The molecule has 3 aromatic carbocycles. The predicted octanol–water partition coefficient (Wildman–Crippen LogP) is 10.6. The van der Waals surface area contributed by atoms with E-state index < -0.39 is 0 Å². The lowest BCUT2D eigenvalue weighted by molar-refractivity contribution is -0.0428. The summed E-state index contributed by atoms with van der Waals surface area (Å²) in [7, 11) is 0. The van der Waals surface area contributed by atoms with Crippen LogP contribution in [0.15, 0.2) is 42.5 Å². The van der Waals surface area contributed by atoms with Crippen molar-refractivity contribution in [3.05, 3.63) is 86.1 Å². The summed E-state index contributed by atoms with van der Waals surface area (Å²) in [6.07, 6.45) is 6.25. The summed E-state index contributed by atoms with van der Waals surface area (Å²) < 4.78 is 18.3. The van der Waals surface area contributed by atoms with E-state index in [9.17, 15) is 9.59 Å². The highest BCUT2D eigenvalue weighted by molar-refractivity contribution is 14.1. The summed E-state index contributed by atoms with van der Waals surface area (Å²) in [6, 6.07) is 14.3. The Hall–Kier alpha value is 0.980. The molecule has 0 aromatic heterocycles. The third-order valence-electron chi connectivity index (χ3n) is 9.50. The zero-order valence-electron chi connectivity index (χ0n) is 22.5. The van der Waals surface area contributed by atoms with E-state index in [4.69, 9.17) is 9.47 Å². The highest BCUT2D eigenvalue weighted by atomic mass is 127. The molecule has 4 nitrogen and oxygen atoms in total. The summed E-state index contributed by atoms with van der Waals surface area (Å²) >= 11 is 13.6. The molecule has 0 bridgehead atoms. The van der Waals surface area contributed by atoms with Crippen LogP contribution in [-0.4, -0.2) is 18.0 Å². The van der Waals surface area contributed by atoms with Gasteiger partial charge in [0.05, 0.1) is 11.1 Å². The van der Waals surface area contributed by atoms with E-state index in [0.29, 0.717) is 34.6 Å². The predicted molar refractivity (Wildman–Crippen MR) is 214 cm³/mol. The molecule has 10 heteroatoms. The average molecular weight is 1240 g/mol. The van der Waals surface area contributed by atoms with E-state index in [2.05, 4.69) is 167 Å². The van der Waals surface area contributed by atoms with Gasteiger partial charge in [0, 0.05) is 26.8 Å². The summed E-state index contributed by atoms with van der Waals surface area (Å²) in [6.45, 7) is 2.37. The molecule has 5 unspecified atom stereocenters. The molecule has 2 fully saturated rings. The molecule has 220 valence electrons. The van der Waals surface area contributed by atoms with Crippen LogP contribution in [-0.2, 0) is 11.2 Å². The molecule has 6 rings (SSSR count). The molecule has 0 radical (unpaired) electrons. The third-order valence-corrected chi connectivity index (χ3v) is 16.8. The van der Waals surface area contributed by atoms with Crippen LogP contribution in [0.2, 0.25) is 0 Å². The molecular formula is C32H26I6O4. The van der Waals surface area contributed by atoms with Crippen LogP contribution in [0.4, 0.5) is 0 Å². The zero-order valence-corrected chi connectivity index (χ0v) is 35.4. The Kier molecular flexibility index (Phi) is 10.4. The zero-order chi connectivity index (χ0) is 29.9. The van der Waals surface area contributed by atoms with Crippen LogP contribution >= 0.6 is 136 Å². The molecule has 42 heavy (non-hydrogen) atoms. The number of halogens is 6. The standard InChI is InChI=1S/C32H26I6O4/c1-32-9-8-20-19-5-3-18(41-30(39)22-11-16(33)13-25(35)28(22)37)10-15(19)2-4-21(20)24(32)6-7-27(32)42-31(40)23-12-17(34)14-26(36)29(23)38/h3,5,10-14,20-21,24,27H,2,4,6-9H2,1H3. The number of carbonyl (C=O) groups excluding carboxylic acids is 2. The maximum atomic E-state index is 13.4. The molecule has 0 heterocycles. The number of hydrogen-bond acceptors (Lipinski definition) is 4. The van der Waals surface area contributed by atoms with Gasteiger partial charge in [0.2, 0.25) is 0 Å². The van der Waals surface area contributed by atoms with Gasteiger partial charge in [0.25, 0.3) is 0 Å². The Labute approximate surface area is 328 Å². The first-order valence-electron chi connectivity index (χ1n) is 13.8. The first kappa shape index (κ1) is 32.9. The summed E-state index contributed by atoms with van der Waals surface area (Å²) in [4.78, 5) is 26.4. The van der Waals surface area contributed by atoms with E-state index in [0.717, 1.165) is 59.9 Å². The van der Waals surface area contributed by atoms with Crippen molar-refractivity contribution in [3.8, 4) is 5.75 Å². The fourth-order valence-electron chi connectivity index (χ4n) is 7.53. The van der Waals surface area contributed by atoms with Crippen molar-refractivity contribution >= 4 is 147 Å². The second kappa shape index (κ2) is 13.2. The van der Waals surface area contributed by atoms with Crippen LogP contribution in [0.25, 0.3) is 0 Å². The van der Waals surface area contributed by atoms with Gasteiger partial charge in [-0.2, -0.15) is 0 Å². The highest BCUT2D eigenvalue weighted by Gasteiger charge is 2.56. The summed E-state index contributed by atoms with van der Waals surface area (Å²) in [5, 5.41) is 0. The first-order valence-corrected chi connectivity index (χ1v) is 20.3. The SMILES string of the molecule is CC12CCC3c4ccc(OC(=O)c5cc(I)cc(I)c5I)cc4CCC3C1CCC2OC(=O)c1cc(I)cc(I)c1I. The van der Waals surface area contributed by atoms with E-state index in [1.54, 1.807) is 0 Å². The maximum Gasteiger partial charge on any atom is 0.344 e. The topological polar surface area (TPSA) is 52.6 Å². The lowest BCUT2D eigenvalue weighted by Gasteiger charge is -2.50. The van der Waals surface area contributed by atoms with Gasteiger partial charge in [-0.15, -0.1) is 0 Å². The molecule has 0 aliphatic heterocycles. The minimum absolute atomic E-state index is 0.00613. The number of aryl methyl sites for hydroxylation is 1. The minimum Gasteiger partial charge on any atom is -0.458 e. The third kappa shape index (κ3) is 6.30. The monoisotopic (exact) mass is 1240 g/mol. The van der Waals surface area contributed by atoms with Crippen LogP contribution < -0.4 is 4.74 Å². The van der Waals surface area contributed by atoms with Crippen molar-refractivity contribution < 1.29 is 19.1 Å². The largest absolute Gasteiger partial charge is 0.458 e. The number of ether oxygens (including phenoxy) is 2. The Bertz CT molecular complexity index is 1610. The van der Waals surface area contributed by atoms with Gasteiger partial charge in [-0.25, -0.2) is 9.59 Å². The Balaban J connectivity index is 1.17. The number of fused-ring (bicyclic) bond motifs is 5. The van der Waals surface area contributed by atoms with Crippen LogP contribution in [0.5, 0.6) is 5.75 Å². The van der Waals surface area contributed by atoms with Gasteiger partial charge >= 0.3 is 11.9 Å². The van der Waals surface area contributed by atoms with E-state index in [-0.39, 0.29) is 23.5 Å². The lowest BCUT2D eigenvalue weighted by Crippen LogP contribution is -2.45. The molecule has 2 saturated carbocycles. The van der Waals surface area contributed by atoms with Gasteiger partial charge < -0.3 is 9.47 Å². The van der Waals surface area contributed by atoms with Gasteiger partial charge in [0.15, 0.2) is 0 Å². The number of esters is 2. The Morgan fingerprint density at radius 2 is 1.43 bits per heavy atom. The fraction of sp³-hybridized carbons (Fsp3) is 0.375.